The number of aliphatic hydroxyl groups is 1. The molecule has 0 fully saturated rings. The van der Waals surface area contributed by atoms with Crippen molar-refractivity contribution >= 4 is 0 Å². The Balaban J connectivity index is 2.83. The molecule has 74 valence electrons. The fourth-order valence-electron chi connectivity index (χ4n) is 0.865. The van der Waals surface area contributed by atoms with Gasteiger partial charge in [-0.3, -0.25) is 0 Å². The van der Waals surface area contributed by atoms with Gasteiger partial charge in [0, 0.05) is 0 Å². The molecule has 0 atom stereocenters. The minimum absolute atomic E-state index is 0.00162. The summed E-state index contributed by atoms with van der Waals surface area (Å²) in [6.07, 6.45) is -4.31. The van der Waals surface area contributed by atoms with E-state index in [0.29, 0.717) is 4.68 Å². The first-order valence-electron chi connectivity index (χ1n) is 3.50. The lowest BCUT2D eigenvalue weighted by Crippen LogP contribution is -2.19. The van der Waals surface area contributed by atoms with Gasteiger partial charge >= 0.3 is 6.18 Å². The molecule has 0 saturated heterocycles. The van der Waals surface area contributed by atoms with Gasteiger partial charge in [0.2, 0.25) is 0 Å². The van der Waals surface area contributed by atoms with Gasteiger partial charge in [-0.25, -0.2) is 9.67 Å². The van der Waals surface area contributed by atoms with Crippen LogP contribution in [0.15, 0.2) is 0 Å². The van der Waals surface area contributed by atoms with E-state index in [1.54, 1.807) is 0 Å². The molecule has 0 spiro atoms. The number of rotatable bonds is 2. The first-order valence-corrected chi connectivity index (χ1v) is 3.50. The maximum Gasteiger partial charge on any atom is 0.408 e. The Morgan fingerprint density at radius 3 is 2.46 bits per heavy atom. The van der Waals surface area contributed by atoms with Crippen LogP contribution in [0.1, 0.15) is 11.6 Å². The standard InChI is InChI=1S/C6H8F3N3O/c1-4-10-5(2-13)11-12(4)3-6(7,8)9/h13H,2-3H2,1H3. The second-order valence-corrected chi connectivity index (χ2v) is 2.51. The van der Waals surface area contributed by atoms with Crippen molar-refractivity contribution in [3.63, 3.8) is 0 Å². The van der Waals surface area contributed by atoms with E-state index in [0.717, 1.165) is 0 Å². The summed E-state index contributed by atoms with van der Waals surface area (Å²) in [6, 6.07) is 0. The third-order valence-electron chi connectivity index (χ3n) is 1.37. The van der Waals surface area contributed by atoms with Crippen LogP contribution in [0.5, 0.6) is 0 Å². The van der Waals surface area contributed by atoms with Crippen molar-refractivity contribution in [2.24, 2.45) is 0 Å². The molecule has 1 heterocycles. The third kappa shape index (κ3) is 2.69. The Morgan fingerprint density at radius 2 is 2.08 bits per heavy atom. The van der Waals surface area contributed by atoms with Gasteiger partial charge in [0.25, 0.3) is 0 Å². The smallest absolute Gasteiger partial charge is 0.388 e. The number of aryl methyl sites for hydroxylation is 1. The molecule has 1 aromatic rings. The number of alkyl halides is 3. The van der Waals surface area contributed by atoms with Gasteiger partial charge in [0.1, 0.15) is 19.0 Å². The summed E-state index contributed by atoms with van der Waals surface area (Å²) in [5, 5.41) is 12.0. The van der Waals surface area contributed by atoms with Gasteiger partial charge < -0.3 is 5.11 Å². The van der Waals surface area contributed by atoms with E-state index in [1.165, 1.54) is 6.92 Å². The largest absolute Gasteiger partial charge is 0.408 e. The lowest BCUT2D eigenvalue weighted by Gasteiger charge is -2.06. The topological polar surface area (TPSA) is 50.9 Å². The molecule has 13 heavy (non-hydrogen) atoms. The first kappa shape index (κ1) is 9.97. The van der Waals surface area contributed by atoms with Crippen molar-refractivity contribution < 1.29 is 18.3 Å². The molecule has 1 aromatic heterocycles. The van der Waals surface area contributed by atoms with Crippen LogP contribution < -0.4 is 0 Å². The van der Waals surface area contributed by atoms with Gasteiger partial charge in [-0.15, -0.1) is 0 Å². The van der Waals surface area contributed by atoms with Crippen LogP contribution in [0.3, 0.4) is 0 Å². The second kappa shape index (κ2) is 3.33. The molecule has 1 N–H and O–H groups in total. The number of aliphatic hydroxyl groups excluding tert-OH is 1. The Morgan fingerprint density at radius 1 is 1.46 bits per heavy atom. The van der Waals surface area contributed by atoms with Crippen LogP contribution in [-0.4, -0.2) is 26.0 Å². The highest BCUT2D eigenvalue weighted by Gasteiger charge is 2.29. The normalized spacial score (nSPS) is 12.1. The SMILES string of the molecule is Cc1nc(CO)nn1CC(F)(F)F. The van der Waals surface area contributed by atoms with E-state index in [2.05, 4.69) is 10.1 Å². The maximum atomic E-state index is 11.9. The van der Waals surface area contributed by atoms with E-state index in [9.17, 15) is 13.2 Å². The number of halogens is 3. The van der Waals surface area contributed by atoms with Gasteiger partial charge in [-0.1, -0.05) is 0 Å². The highest BCUT2D eigenvalue weighted by Crippen LogP contribution is 2.17. The number of hydrogen-bond acceptors (Lipinski definition) is 3. The minimum atomic E-state index is -4.31. The first-order chi connectivity index (χ1) is 5.92. The quantitative estimate of drug-likeness (QED) is 0.753. The van der Waals surface area contributed by atoms with E-state index < -0.39 is 19.3 Å². The molecule has 0 aliphatic rings. The summed E-state index contributed by atoms with van der Waals surface area (Å²) in [5.41, 5.74) is 0. The summed E-state index contributed by atoms with van der Waals surface area (Å²) in [5.74, 6) is 0.142. The van der Waals surface area contributed by atoms with Crippen molar-refractivity contribution in [2.75, 3.05) is 0 Å². The zero-order chi connectivity index (χ0) is 10.1. The third-order valence-corrected chi connectivity index (χ3v) is 1.37. The number of aromatic nitrogens is 3. The van der Waals surface area contributed by atoms with Crippen LogP contribution in [-0.2, 0) is 13.2 Å². The molecular formula is C6H8F3N3O. The molecule has 0 radical (unpaired) electrons. The molecule has 0 aliphatic carbocycles. The Bertz CT molecular complexity index is 294. The molecule has 0 saturated carbocycles. The summed E-state index contributed by atoms with van der Waals surface area (Å²) >= 11 is 0. The van der Waals surface area contributed by atoms with E-state index in [-0.39, 0.29) is 11.6 Å². The zero-order valence-electron chi connectivity index (χ0n) is 6.84. The zero-order valence-corrected chi connectivity index (χ0v) is 6.84. The summed E-state index contributed by atoms with van der Waals surface area (Å²) in [6.45, 7) is -0.227. The Kier molecular flexibility index (Phi) is 2.55. The van der Waals surface area contributed by atoms with Crippen molar-refractivity contribution in [1.82, 2.24) is 14.8 Å². The highest BCUT2D eigenvalue weighted by molar-refractivity contribution is 4.89. The lowest BCUT2D eigenvalue weighted by molar-refractivity contribution is -0.143. The predicted molar refractivity (Wildman–Crippen MR) is 36.7 cm³/mol. The molecular weight excluding hydrogens is 187 g/mol. The van der Waals surface area contributed by atoms with Crippen LogP contribution in [0.25, 0.3) is 0 Å². The number of nitrogens with zero attached hydrogens (tertiary/aromatic N) is 3. The van der Waals surface area contributed by atoms with E-state index in [4.69, 9.17) is 5.11 Å². The van der Waals surface area contributed by atoms with Crippen LogP contribution in [0, 0.1) is 6.92 Å². The molecule has 0 unspecified atom stereocenters. The monoisotopic (exact) mass is 195 g/mol. The maximum absolute atomic E-state index is 11.9. The van der Waals surface area contributed by atoms with Crippen molar-refractivity contribution in [1.29, 1.82) is 0 Å². The molecule has 7 heteroatoms. The van der Waals surface area contributed by atoms with Gasteiger partial charge in [0.15, 0.2) is 5.82 Å². The predicted octanol–water partition coefficient (Wildman–Crippen LogP) is 0.641. The average molecular weight is 195 g/mol. The highest BCUT2D eigenvalue weighted by atomic mass is 19.4. The van der Waals surface area contributed by atoms with Gasteiger partial charge in [-0.2, -0.15) is 18.3 Å². The van der Waals surface area contributed by atoms with Crippen LogP contribution in [0.2, 0.25) is 0 Å². The Labute approximate surface area is 72.0 Å². The van der Waals surface area contributed by atoms with Crippen molar-refractivity contribution in [2.45, 2.75) is 26.3 Å². The molecule has 1 rings (SSSR count). The fraction of sp³-hybridized carbons (Fsp3) is 0.667. The number of hydrogen-bond donors (Lipinski definition) is 1. The molecule has 0 aliphatic heterocycles. The van der Waals surface area contributed by atoms with Crippen molar-refractivity contribution in [3.05, 3.63) is 11.6 Å². The van der Waals surface area contributed by atoms with Crippen molar-refractivity contribution in [3.8, 4) is 0 Å². The summed E-state index contributed by atoms with van der Waals surface area (Å²) in [7, 11) is 0. The lowest BCUT2D eigenvalue weighted by atomic mass is 10.6. The molecule has 4 nitrogen and oxygen atoms in total. The molecule has 0 bridgehead atoms. The Hall–Kier alpha value is -1.11. The second-order valence-electron chi connectivity index (χ2n) is 2.51. The van der Waals surface area contributed by atoms with Gasteiger partial charge in [-0.05, 0) is 6.92 Å². The molecule has 0 aromatic carbocycles. The van der Waals surface area contributed by atoms with E-state index >= 15 is 0 Å². The summed E-state index contributed by atoms with van der Waals surface area (Å²) in [4.78, 5) is 3.62. The van der Waals surface area contributed by atoms with E-state index in [1.807, 2.05) is 0 Å². The fourth-order valence-corrected chi connectivity index (χ4v) is 0.865. The molecule has 0 amide bonds. The van der Waals surface area contributed by atoms with Gasteiger partial charge in [0.05, 0.1) is 0 Å². The summed E-state index contributed by atoms with van der Waals surface area (Å²) < 4.78 is 36.4. The minimum Gasteiger partial charge on any atom is -0.388 e. The van der Waals surface area contributed by atoms with Crippen LogP contribution >= 0.6 is 0 Å². The van der Waals surface area contributed by atoms with Crippen LogP contribution in [0.4, 0.5) is 13.2 Å². The average Bonchev–Trinajstić information content (AvgIpc) is 2.29.